The number of rotatable bonds is 7. The molecule has 1 heterocycles. The van der Waals surface area contributed by atoms with Crippen molar-refractivity contribution < 1.29 is 19.1 Å². The summed E-state index contributed by atoms with van der Waals surface area (Å²) in [5.74, 6) is 1.01. The highest BCUT2D eigenvalue weighted by molar-refractivity contribution is 6.35. The lowest BCUT2D eigenvalue weighted by molar-refractivity contribution is -0.140. The first-order chi connectivity index (χ1) is 14.4. The molecule has 2 aromatic carbocycles. The summed E-state index contributed by atoms with van der Waals surface area (Å²) in [5, 5.41) is 3.57. The summed E-state index contributed by atoms with van der Waals surface area (Å²) < 4.78 is 11.1. The van der Waals surface area contributed by atoms with Crippen molar-refractivity contribution in [3.05, 3.63) is 57.6 Å². The minimum atomic E-state index is -0.644. The van der Waals surface area contributed by atoms with Gasteiger partial charge in [-0.2, -0.15) is 0 Å². The molecule has 0 saturated carbocycles. The number of nitrogens with zero attached hydrogens (tertiary/aromatic N) is 1. The molecule has 0 unspecified atom stereocenters. The highest BCUT2D eigenvalue weighted by atomic mass is 35.5. The van der Waals surface area contributed by atoms with E-state index >= 15 is 0 Å². The van der Waals surface area contributed by atoms with E-state index in [4.69, 9.17) is 32.7 Å². The number of hydrogen-bond acceptors (Lipinski definition) is 4. The van der Waals surface area contributed by atoms with E-state index in [1.807, 2.05) is 18.2 Å². The molecule has 2 amide bonds. The summed E-state index contributed by atoms with van der Waals surface area (Å²) in [5.41, 5.74) is 1.69. The van der Waals surface area contributed by atoms with Crippen LogP contribution in [-0.4, -0.2) is 43.0 Å². The molecule has 160 valence electrons. The molecular weight excluding hydrogens is 427 g/mol. The van der Waals surface area contributed by atoms with Gasteiger partial charge in [0, 0.05) is 30.1 Å². The van der Waals surface area contributed by atoms with Crippen molar-refractivity contribution in [2.75, 3.05) is 20.3 Å². The van der Waals surface area contributed by atoms with Gasteiger partial charge in [0.15, 0.2) is 11.5 Å². The quantitative estimate of drug-likeness (QED) is 0.695. The molecule has 8 heteroatoms. The van der Waals surface area contributed by atoms with Crippen molar-refractivity contribution in [3.63, 3.8) is 0 Å². The fourth-order valence-corrected chi connectivity index (χ4v) is 3.73. The highest BCUT2D eigenvalue weighted by Crippen LogP contribution is 2.31. The van der Waals surface area contributed by atoms with E-state index in [2.05, 4.69) is 5.32 Å². The van der Waals surface area contributed by atoms with Gasteiger partial charge in [-0.3, -0.25) is 9.59 Å². The Morgan fingerprint density at radius 1 is 1.10 bits per heavy atom. The van der Waals surface area contributed by atoms with Crippen molar-refractivity contribution >= 4 is 35.0 Å². The van der Waals surface area contributed by atoms with E-state index in [1.165, 1.54) is 4.90 Å². The molecule has 1 N–H and O–H groups in total. The number of carbonyl (C=O) groups is 2. The number of halogens is 2. The van der Waals surface area contributed by atoms with Gasteiger partial charge in [0.2, 0.25) is 11.8 Å². The molecule has 1 aliphatic heterocycles. The molecule has 0 aliphatic carbocycles. The van der Waals surface area contributed by atoms with E-state index in [0.717, 1.165) is 11.1 Å². The van der Waals surface area contributed by atoms with Gasteiger partial charge in [0.1, 0.15) is 19.3 Å². The zero-order valence-electron chi connectivity index (χ0n) is 16.9. The smallest absolute Gasteiger partial charge is 0.242 e. The largest absolute Gasteiger partial charge is 0.486 e. The van der Waals surface area contributed by atoms with Crippen LogP contribution in [0.1, 0.15) is 24.5 Å². The van der Waals surface area contributed by atoms with Crippen LogP contribution < -0.4 is 14.8 Å². The number of hydrogen-bond donors (Lipinski definition) is 1. The van der Waals surface area contributed by atoms with Crippen LogP contribution >= 0.6 is 23.2 Å². The third-order valence-corrected chi connectivity index (χ3v) is 5.59. The van der Waals surface area contributed by atoms with Crippen LogP contribution in [0.2, 0.25) is 10.0 Å². The molecule has 0 bridgehead atoms. The van der Waals surface area contributed by atoms with Gasteiger partial charge < -0.3 is 19.7 Å². The van der Waals surface area contributed by atoms with E-state index in [0.29, 0.717) is 41.2 Å². The normalized spacial score (nSPS) is 13.5. The lowest BCUT2D eigenvalue weighted by Gasteiger charge is -2.29. The van der Waals surface area contributed by atoms with Crippen LogP contribution in [-0.2, 0) is 22.6 Å². The number of fused-ring (bicyclic) bond motifs is 1. The standard InChI is InChI=1S/C22H24Cl2N2O4/c1-14(22(28)25-2)26(13-16-5-6-17(23)12-18(16)24)21(27)8-4-15-3-7-19-20(11-15)30-10-9-29-19/h3,5-7,11-12,14H,4,8-10,13H2,1-2H3,(H,25,28)/t14-/m1/s1. The molecule has 3 rings (SSSR count). The average molecular weight is 451 g/mol. The molecule has 0 radical (unpaired) electrons. The first-order valence-electron chi connectivity index (χ1n) is 9.72. The lowest BCUT2D eigenvalue weighted by Crippen LogP contribution is -2.46. The van der Waals surface area contributed by atoms with Gasteiger partial charge in [-0.1, -0.05) is 35.3 Å². The van der Waals surface area contributed by atoms with E-state index in [9.17, 15) is 9.59 Å². The Hall–Kier alpha value is -2.44. The summed E-state index contributed by atoms with van der Waals surface area (Å²) in [6.07, 6.45) is 0.757. The summed E-state index contributed by atoms with van der Waals surface area (Å²) in [4.78, 5) is 26.8. The zero-order chi connectivity index (χ0) is 21.7. The Morgan fingerprint density at radius 3 is 2.53 bits per heavy atom. The fraction of sp³-hybridized carbons (Fsp3) is 0.364. The number of nitrogens with one attached hydrogen (secondary N) is 1. The molecule has 30 heavy (non-hydrogen) atoms. The molecule has 6 nitrogen and oxygen atoms in total. The third kappa shape index (κ3) is 5.37. The van der Waals surface area contributed by atoms with Gasteiger partial charge in [0.25, 0.3) is 0 Å². The lowest BCUT2D eigenvalue weighted by atomic mass is 10.1. The Morgan fingerprint density at radius 2 is 1.83 bits per heavy atom. The van der Waals surface area contributed by atoms with Crippen molar-refractivity contribution in [2.45, 2.75) is 32.4 Å². The van der Waals surface area contributed by atoms with Crippen molar-refractivity contribution in [1.82, 2.24) is 10.2 Å². The monoisotopic (exact) mass is 450 g/mol. The molecule has 0 fully saturated rings. The Bertz CT molecular complexity index is 935. The SMILES string of the molecule is CNC(=O)[C@@H](C)N(Cc1ccc(Cl)cc1Cl)C(=O)CCc1ccc2c(c1)OCCO2. The number of likely N-dealkylation sites (N-methyl/N-ethyl adjacent to an activating group) is 1. The number of aryl methyl sites for hydroxylation is 1. The first-order valence-corrected chi connectivity index (χ1v) is 10.5. The predicted octanol–water partition coefficient (Wildman–Crippen LogP) is 3.86. The number of amides is 2. The Kier molecular flexibility index (Phi) is 7.45. The molecule has 0 saturated heterocycles. The van der Waals surface area contributed by atoms with Crippen LogP contribution in [0, 0.1) is 0 Å². The minimum Gasteiger partial charge on any atom is -0.486 e. The van der Waals surface area contributed by atoms with Gasteiger partial charge in [-0.05, 0) is 48.7 Å². The second-order valence-electron chi connectivity index (χ2n) is 7.03. The molecular formula is C22H24Cl2N2O4. The van der Waals surface area contributed by atoms with Gasteiger partial charge >= 0.3 is 0 Å². The maximum atomic E-state index is 13.1. The number of benzene rings is 2. The van der Waals surface area contributed by atoms with E-state index in [1.54, 1.807) is 32.2 Å². The van der Waals surface area contributed by atoms with Crippen LogP contribution in [0.4, 0.5) is 0 Å². The van der Waals surface area contributed by atoms with Crippen LogP contribution in [0.25, 0.3) is 0 Å². The Labute approximate surface area is 186 Å². The summed E-state index contributed by atoms with van der Waals surface area (Å²) in [6.45, 7) is 2.95. The van der Waals surface area contributed by atoms with Crippen LogP contribution in [0.3, 0.4) is 0 Å². The topological polar surface area (TPSA) is 67.9 Å². The average Bonchev–Trinajstić information content (AvgIpc) is 2.75. The second-order valence-corrected chi connectivity index (χ2v) is 7.87. The van der Waals surface area contributed by atoms with Gasteiger partial charge in [-0.15, -0.1) is 0 Å². The van der Waals surface area contributed by atoms with Crippen LogP contribution in [0.15, 0.2) is 36.4 Å². The number of carbonyl (C=O) groups excluding carboxylic acids is 2. The summed E-state index contributed by atoms with van der Waals surface area (Å²) in [6, 6.07) is 10.1. The maximum absolute atomic E-state index is 13.1. The zero-order valence-corrected chi connectivity index (χ0v) is 18.4. The Balaban J connectivity index is 1.73. The van der Waals surface area contributed by atoms with Crippen LogP contribution in [0.5, 0.6) is 11.5 Å². The fourth-order valence-electron chi connectivity index (χ4n) is 3.26. The maximum Gasteiger partial charge on any atom is 0.242 e. The van der Waals surface area contributed by atoms with Crippen molar-refractivity contribution in [3.8, 4) is 11.5 Å². The first kappa shape index (κ1) is 22.2. The molecule has 0 spiro atoms. The molecule has 1 atom stereocenters. The molecule has 1 aliphatic rings. The minimum absolute atomic E-state index is 0.146. The second kappa shape index (κ2) is 10.0. The van der Waals surface area contributed by atoms with E-state index in [-0.39, 0.29) is 24.8 Å². The van der Waals surface area contributed by atoms with E-state index < -0.39 is 6.04 Å². The third-order valence-electron chi connectivity index (χ3n) is 5.00. The summed E-state index contributed by atoms with van der Waals surface area (Å²) >= 11 is 12.3. The van der Waals surface area contributed by atoms with Crippen molar-refractivity contribution in [1.29, 1.82) is 0 Å². The van der Waals surface area contributed by atoms with Gasteiger partial charge in [0.05, 0.1) is 0 Å². The predicted molar refractivity (Wildman–Crippen MR) is 116 cm³/mol. The van der Waals surface area contributed by atoms with Gasteiger partial charge in [-0.25, -0.2) is 0 Å². The molecule has 0 aromatic heterocycles. The molecule has 2 aromatic rings. The van der Waals surface area contributed by atoms with Crippen molar-refractivity contribution in [2.24, 2.45) is 0 Å². The number of ether oxygens (including phenoxy) is 2. The summed E-state index contributed by atoms with van der Waals surface area (Å²) in [7, 11) is 1.55. The highest BCUT2D eigenvalue weighted by Gasteiger charge is 2.26.